The van der Waals surface area contributed by atoms with Gasteiger partial charge in [-0.15, -0.1) is 11.8 Å². The van der Waals surface area contributed by atoms with E-state index in [9.17, 15) is 9.59 Å². The van der Waals surface area contributed by atoms with Crippen LogP contribution in [0.15, 0.2) is 50.5 Å². The van der Waals surface area contributed by atoms with Crippen LogP contribution in [0.4, 0.5) is 0 Å². The largest absolute Gasteiger partial charge is 0.422 e. The zero-order valence-corrected chi connectivity index (χ0v) is 12.3. The Morgan fingerprint density at radius 2 is 2.05 bits per heavy atom. The quantitative estimate of drug-likeness (QED) is 0.823. The maximum atomic E-state index is 12.1. The first-order valence-corrected chi connectivity index (χ1v) is 7.56. The van der Waals surface area contributed by atoms with Crippen molar-refractivity contribution in [1.82, 2.24) is 5.32 Å². The van der Waals surface area contributed by atoms with Gasteiger partial charge in [-0.2, -0.15) is 0 Å². The van der Waals surface area contributed by atoms with Crippen LogP contribution in [-0.2, 0) is 0 Å². The van der Waals surface area contributed by atoms with Gasteiger partial charge in [0.1, 0.15) is 11.3 Å². The molecule has 2 rings (SSSR count). The first kappa shape index (κ1) is 15.3. The van der Waals surface area contributed by atoms with Gasteiger partial charge in [-0.3, -0.25) is 4.79 Å². The molecule has 0 saturated heterocycles. The molecular weight excluding hydrogens is 290 g/mol. The molecule has 0 aliphatic carbocycles. The van der Waals surface area contributed by atoms with Crippen molar-refractivity contribution >= 4 is 17.7 Å². The molecule has 2 aromatic rings. The van der Waals surface area contributed by atoms with Crippen molar-refractivity contribution < 1.29 is 14.3 Å². The molecule has 1 heterocycles. The van der Waals surface area contributed by atoms with Gasteiger partial charge in [0, 0.05) is 17.0 Å². The molecular formula is C15H15NO4S. The number of aliphatic hydroxyl groups excluding tert-OH is 1. The van der Waals surface area contributed by atoms with Crippen LogP contribution >= 0.6 is 11.8 Å². The lowest BCUT2D eigenvalue weighted by Gasteiger charge is -2.08. The fourth-order valence-corrected chi connectivity index (χ4v) is 2.45. The van der Waals surface area contributed by atoms with Crippen LogP contribution in [0.1, 0.15) is 10.4 Å². The van der Waals surface area contributed by atoms with Gasteiger partial charge < -0.3 is 14.8 Å². The van der Waals surface area contributed by atoms with E-state index in [-0.39, 0.29) is 18.7 Å². The summed E-state index contributed by atoms with van der Waals surface area (Å²) < 4.78 is 5.25. The number of carbonyl (C=O) groups is 1. The molecule has 1 amide bonds. The molecule has 0 unspecified atom stereocenters. The predicted octanol–water partition coefficient (Wildman–Crippen LogP) is 1.75. The average Bonchev–Trinajstić information content (AvgIpc) is 2.52. The molecule has 1 aromatic carbocycles. The summed E-state index contributed by atoms with van der Waals surface area (Å²) in [5, 5.41) is 11.2. The van der Waals surface area contributed by atoms with Gasteiger partial charge in [0.05, 0.1) is 6.61 Å². The summed E-state index contributed by atoms with van der Waals surface area (Å²) in [5.74, 6) is -0.120. The molecule has 0 radical (unpaired) electrons. The summed E-state index contributed by atoms with van der Waals surface area (Å²) in [6.07, 6.45) is 1.78. The van der Waals surface area contributed by atoms with E-state index >= 15 is 0 Å². The Bertz CT molecular complexity index is 682. The first-order valence-electron chi connectivity index (χ1n) is 6.34. The van der Waals surface area contributed by atoms with Crippen molar-refractivity contribution in [3.8, 4) is 11.3 Å². The second-order valence-corrected chi connectivity index (χ2v) is 5.04. The summed E-state index contributed by atoms with van der Waals surface area (Å²) >= 11 is 1.30. The van der Waals surface area contributed by atoms with E-state index in [0.29, 0.717) is 10.7 Å². The summed E-state index contributed by atoms with van der Waals surface area (Å²) in [6.45, 7) is -0.0969. The molecule has 0 aliphatic rings. The van der Waals surface area contributed by atoms with Crippen molar-refractivity contribution in [3.63, 3.8) is 0 Å². The Balaban J connectivity index is 2.46. The van der Waals surface area contributed by atoms with E-state index in [1.165, 1.54) is 11.8 Å². The number of hydrogen-bond acceptors (Lipinski definition) is 5. The van der Waals surface area contributed by atoms with Crippen LogP contribution in [0.5, 0.6) is 0 Å². The summed E-state index contributed by atoms with van der Waals surface area (Å²) in [5.41, 5.74) is 0.0546. The van der Waals surface area contributed by atoms with Gasteiger partial charge in [0.2, 0.25) is 0 Å². The molecule has 5 nitrogen and oxygen atoms in total. The second kappa shape index (κ2) is 7.10. The van der Waals surface area contributed by atoms with Crippen LogP contribution < -0.4 is 10.9 Å². The Kier molecular flexibility index (Phi) is 5.19. The van der Waals surface area contributed by atoms with E-state index in [0.717, 1.165) is 5.56 Å². The van der Waals surface area contributed by atoms with E-state index in [4.69, 9.17) is 9.52 Å². The third-order valence-electron chi connectivity index (χ3n) is 2.82. The molecule has 0 fully saturated rings. The van der Waals surface area contributed by atoms with E-state index in [2.05, 4.69) is 5.32 Å². The minimum Gasteiger partial charge on any atom is -0.422 e. The third kappa shape index (κ3) is 3.53. The Morgan fingerprint density at radius 3 is 2.67 bits per heavy atom. The molecule has 2 N–H and O–H groups in total. The number of nitrogens with one attached hydrogen (secondary N) is 1. The monoisotopic (exact) mass is 305 g/mol. The molecule has 1 aromatic heterocycles. The number of amides is 1. The predicted molar refractivity (Wildman–Crippen MR) is 81.6 cm³/mol. The van der Waals surface area contributed by atoms with Gasteiger partial charge in [-0.25, -0.2) is 4.79 Å². The summed E-state index contributed by atoms with van der Waals surface area (Å²) in [6, 6.07) is 10.9. The smallest absolute Gasteiger partial charge is 0.350 e. The minimum atomic E-state index is -0.684. The van der Waals surface area contributed by atoms with Gasteiger partial charge in [0.25, 0.3) is 5.91 Å². The Labute approximate surface area is 126 Å². The number of rotatable bonds is 5. The number of aliphatic hydroxyl groups is 1. The lowest BCUT2D eigenvalue weighted by atomic mass is 10.1. The molecule has 0 atom stereocenters. The van der Waals surface area contributed by atoms with Gasteiger partial charge in [-0.05, 0) is 12.3 Å². The van der Waals surface area contributed by atoms with Crippen molar-refractivity contribution in [2.24, 2.45) is 0 Å². The standard InChI is InChI=1S/C15H15NO4S/c1-21-12-9-11(10-5-3-2-4-6-10)20-15(19)13(12)14(18)16-7-8-17/h2-6,9,17H,7-8H2,1H3,(H,16,18). The maximum Gasteiger partial charge on any atom is 0.350 e. The third-order valence-corrected chi connectivity index (χ3v) is 3.58. The molecule has 0 saturated carbocycles. The van der Waals surface area contributed by atoms with Crippen LogP contribution in [0.2, 0.25) is 0 Å². The molecule has 6 heteroatoms. The van der Waals surface area contributed by atoms with Gasteiger partial charge >= 0.3 is 5.63 Å². The number of hydrogen-bond donors (Lipinski definition) is 2. The average molecular weight is 305 g/mol. The van der Waals surface area contributed by atoms with Crippen LogP contribution in [0, 0.1) is 0 Å². The fraction of sp³-hybridized carbons (Fsp3) is 0.200. The minimum absolute atomic E-state index is 0.0318. The van der Waals surface area contributed by atoms with E-state index in [1.807, 2.05) is 30.3 Å². The Morgan fingerprint density at radius 1 is 1.33 bits per heavy atom. The highest BCUT2D eigenvalue weighted by Crippen LogP contribution is 2.25. The molecule has 0 aliphatic heterocycles. The Hall–Kier alpha value is -2.05. The summed E-state index contributed by atoms with van der Waals surface area (Å²) in [4.78, 5) is 24.6. The molecule has 0 bridgehead atoms. The number of thioether (sulfide) groups is 1. The van der Waals surface area contributed by atoms with Crippen molar-refractivity contribution in [3.05, 3.63) is 52.4 Å². The fourth-order valence-electron chi connectivity index (χ4n) is 1.84. The van der Waals surface area contributed by atoms with Crippen LogP contribution in [0.3, 0.4) is 0 Å². The number of benzene rings is 1. The van der Waals surface area contributed by atoms with Gasteiger partial charge in [-0.1, -0.05) is 30.3 Å². The van der Waals surface area contributed by atoms with Gasteiger partial charge in [0.15, 0.2) is 0 Å². The number of carbonyl (C=O) groups excluding carboxylic acids is 1. The lowest BCUT2D eigenvalue weighted by Crippen LogP contribution is -2.31. The van der Waals surface area contributed by atoms with Crippen molar-refractivity contribution in [2.45, 2.75) is 4.90 Å². The van der Waals surface area contributed by atoms with Crippen LogP contribution in [0.25, 0.3) is 11.3 Å². The highest BCUT2D eigenvalue weighted by Gasteiger charge is 2.19. The SMILES string of the molecule is CSc1cc(-c2ccccc2)oc(=O)c1C(=O)NCCO. The molecule has 0 spiro atoms. The molecule has 110 valence electrons. The topological polar surface area (TPSA) is 79.5 Å². The normalized spacial score (nSPS) is 10.4. The molecule has 21 heavy (non-hydrogen) atoms. The zero-order valence-electron chi connectivity index (χ0n) is 11.5. The highest BCUT2D eigenvalue weighted by atomic mass is 32.2. The highest BCUT2D eigenvalue weighted by molar-refractivity contribution is 7.98. The first-order chi connectivity index (χ1) is 10.2. The lowest BCUT2D eigenvalue weighted by molar-refractivity contribution is 0.0937. The van der Waals surface area contributed by atoms with E-state index < -0.39 is 11.5 Å². The van der Waals surface area contributed by atoms with E-state index in [1.54, 1.807) is 12.3 Å². The van der Waals surface area contributed by atoms with Crippen molar-refractivity contribution in [2.75, 3.05) is 19.4 Å². The second-order valence-electron chi connectivity index (χ2n) is 4.19. The summed E-state index contributed by atoms with van der Waals surface area (Å²) in [7, 11) is 0. The zero-order chi connectivity index (χ0) is 15.2. The van der Waals surface area contributed by atoms with Crippen LogP contribution in [-0.4, -0.2) is 30.4 Å². The maximum absolute atomic E-state index is 12.1. The van der Waals surface area contributed by atoms with Crippen molar-refractivity contribution in [1.29, 1.82) is 0 Å².